The maximum atomic E-state index is 12.5. The number of carbonyl (C=O) groups is 1. The fourth-order valence-corrected chi connectivity index (χ4v) is 2.61. The Morgan fingerprint density at radius 3 is 1.93 bits per heavy atom. The zero-order valence-electron chi connectivity index (χ0n) is 16.7. The maximum Gasteiger partial charge on any atom is 0.269 e. The number of carbonyl (C=O) groups excluding carboxylic acids is 1. The van der Waals surface area contributed by atoms with Crippen molar-refractivity contribution in [2.75, 3.05) is 40.9 Å². The van der Waals surface area contributed by atoms with Crippen molar-refractivity contribution in [3.63, 3.8) is 0 Å². The van der Waals surface area contributed by atoms with E-state index in [-0.39, 0.29) is 10.7 Å². The van der Waals surface area contributed by atoms with E-state index in [4.69, 9.17) is 35.9 Å². The third-order valence-electron chi connectivity index (χ3n) is 3.87. The summed E-state index contributed by atoms with van der Waals surface area (Å²) in [5.74, 6) is 1.84. The summed E-state index contributed by atoms with van der Waals surface area (Å²) >= 11 is 5.22. The fraction of sp³-hybridized carbons (Fsp3) is 0.263. The van der Waals surface area contributed by atoms with Crippen LogP contribution in [0.1, 0.15) is 10.4 Å². The molecule has 0 aliphatic carbocycles. The molecule has 0 heterocycles. The van der Waals surface area contributed by atoms with Gasteiger partial charge in [-0.1, -0.05) is 0 Å². The van der Waals surface area contributed by atoms with E-state index in [2.05, 4.69) is 16.2 Å². The van der Waals surface area contributed by atoms with Gasteiger partial charge in [0.05, 0.1) is 41.2 Å². The molecular weight excluding hydrogens is 398 g/mol. The number of hydrogen-bond acceptors (Lipinski definition) is 7. The summed E-state index contributed by atoms with van der Waals surface area (Å²) in [4.78, 5) is 12.5. The first-order valence-corrected chi connectivity index (χ1v) is 8.77. The number of hydrazine groups is 1. The largest absolute Gasteiger partial charge is 0.497 e. The van der Waals surface area contributed by atoms with Crippen molar-refractivity contribution < 1.29 is 28.5 Å². The lowest BCUT2D eigenvalue weighted by atomic mass is 10.1. The van der Waals surface area contributed by atoms with Crippen LogP contribution >= 0.6 is 12.2 Å². The molecule has 3 N–H and O–H groups in total. The highest BCUT2D eigenvalue weighted by Crippen LogP contribution is 2.38. The molecule has 1 amide bonds. The molecule has 0 saturated heterocycles. The lowest BCUT2D eigenvalue weighted by Gasteiger charge is -2.16. The van der Waals surface area contributed by atoms with Crippen LogP contribution in [-0.2, 0) is 0 Å². The van der Waals surface area contributed by atoms with Crippen LogP contribution in [0.15, 0.2) is 30.3 Å². The van der Waals surface area contributed by atoms with Crippen LogP contribution in [0.3, 0.4) is 0 Å². The van der Waals surface area contributed by atoms with E-state index in [1.54, 1.807) is 25.3 Å². The van der Waals surface area contributed by atoms with Crippen LogP contribution in [0.25, 0.3) is 0 Å². The summed E-state index contributed by atoms with van der Waals surface area (Å²) in [6.07, 6.45) is 0. The van der Waals surface area contributed by atoms with E-state index in [0.29, 0.717) is 34.4 Å². The van der Waals surface area contributed by atoms with E-state index in [1.807, 2.05) is 0 Å². The van der Waals surface area contributed by atoms with Gasteiger partial charge in [-0.3, -0.25) is 15.6 Å². The van der Waals surface area contributed by atoms with Crippen molar-refractivity contribution in [2.45, 2.75) is 0 Å². The molecule has 10 heteroatoms. The second-order valence-corrected chi connectivity index (χ2v) is 5.92. The van der Waals surface area contributed by atoms with Gasteiger partial charge in [0, 0.05) is 11.6 Å². The van der Waals surface area contributed by atoms with Crippen molar-refractivity contribution in [3.8, 4) is 28.7 Å². The highest BCUT2D eigenvalue weighted by atomic mass is 32.1. The first kappa shape index (κ1) is 21.9. The number of hydrogen-bond donors (Lipinski definition) is 3. The van der Waals surface area contributed by atoms with Gasteiger partial charge in [0.1, 0.15) is 11.5 Å². The molecule has 0 saturated carbocycles. The molecule has 0 fully saturated rings. The minimum absolute atomic E-state index is 0.161. The molecule has 0 bridgehead atoms. The van der Waals surface area contributed by atoms with Crippen LogP contribution in [0.4, 0.5) is 5.69 Å². The number of methoxy groups -OCH3 is 5. The zero-order chi connectivity index (χ0) is 21.4. The van der Waals surface area contributed by atoms with Crippen molar-refractivity contribution in [1.29, 1.82) is 0 Å². The Labute approximate surface area is 174 Å². The van der Waals surface area contributed by atoms with Gasteiger partial charge in [-0.25, -0.2) is 0 Å². The molecule has 0 unspecified atom stereocenters. The molecule has 156 valence electrons. The monoisotopic (exact) mass is 421 g/mol. The highest BCUT2D eigenvalue weighted by Gasteiger charge is 2.17. The number of rotatable bonds is 7. The second kappa shape index (κ2) is 10.2. The quantitative estimate of drug-likeness (QED) is 0.460. The molecule has 0 spiro atoms. The first-order chi connectivity index (χ1) is 14.0. The number of thiocarbonyl (C=S) groups is 1. The summed E-state index contributed by atoms with van der Waals surface area (Å²) < 4.78 is 26.2. The number of amides is 1. The Balaban J connectivity index is 2.06. The van der Waals surface area contributed by atoms with Gasteiger partial charge in [0.15, 0.2) is 16.6 Å². The van der Waals surface area contributed by atoms with Gasteiger partial charge < -0.3 is 29.0 Å². The highest BCUT2D eigenvalue weighted by molar-refractivity contribution is 7.80. The minimum Gasteiger partial charge on any atom is -0.497 e. The van der Waals surface area contributed by atoms with Crippen LogP contribution in [0.2, 0.25) is 0 Å². The summed E-state index contributed by atoms with van der Waals surface area (Å²) in [6.45, 7) is 0. The Hall–Kier alpha value is -3.40. The fourth-order valence-electron chi connectivity index (χ4n) is 2.45. The standard InChI is InChI=1S/C19H23N3O6S/c1-24-12-6-7-13(14(10-12)25-2)20-19(29)22-21-18(23)11-8-15(26-3)17(28-5)16(9-11)27-4/h6-10H,1-5H3,(H,21,23)(H2,20,22,29). The van der Waals surface area contributed by atoms with Crippen molar-refractivity contribution in [2.24, 2.45) is 0 Å². The van der Waals surface area contributed by atoms with Crippen molar-refractivity contribution >= 4 is 28.9 Å². The second-order valence-electron chi connectivity index (χ2n) is 5.51. The first-order valence-electron chi connectivity index (χ1n) is 8.36. The Morgan fingerprint density at radius 1 is 0.793 bits per heavy atom. The molecule has 9 nitrogen and oxygen atoms in total. The molecular formula is C19H23N3O6S. The Morgan fingerprint density at radius 2 is 1.41 bits per heavy atom. The Bertz CT molecular complexity index is 865. The molecule has 2 aromatic rings. The van der Waals surface area contributed by atoms with E-state index >= 15 is 0 Å². The van der Waals surface area contributed by atoms with Crippen LogP contribution in [0.5, 0.6) is 28.7 Å². The summed E-state index contributed by atoms with van der Waals surface area (Å²) in [6, 6.07) is 8.26. The predicted molar refractivity (Wildman–Crippen MR) is 112 cm³/mol. The van der Waals surface area contributed by atoms with Gasteiger partial charge in [-0.05, 0) is 36.5 Å². The average Bonchev–Trinajstić information content (AvgIpc) is 2.76. The van der Waals surface area contributed by atoms with Gasteiger partial charge >= 0.3 is 0 Å². The van der Waals surface area contributed by atoms with Crippen LogP contribution < -0.4 is 39.9 Å². The van der Waals surface area contributed by atoms with E-state index in [1.165, 1.54) is 40.6 Å². The third kappa shape index (κ3) is 5.32. The number of anilines is 1. The van der Waals surface area contributed by atoms with Gasteiger partial charge in [0.2, 0.25) is 5.75 Å². The van der Waals surface area contributed by atoms with Gasteiger partial charge in [-0.15, -0.1) is 0 Å². The third-order valence-corrected chi connectivity index (χ3v) is 4.08. The molecule has 0 aliphatic rings. The number of ether oxygens (including phenoxy) is 5. The summed E-state index contributed by atoms with van der Waals surface area (Å²) in [5, 5.41) is 3.10. The minimum atomic E-state index is -0.449. The van der Waals surface area contributed by atoms with Gasteiger partial charge in [-0.2, -0.15) is 0 Å². The SMILES string of the molecule is COc1ccc(NC(=S)NNC(=O)c2cc(OC)c(OC)c(OC)c2)c(OC)c1. The molecule has 29 heavy (non-hydrogen) atoms. The molecule has 0 aromatic heterocycles. The van der Waals surface area contributed by atoms with Crippen molar-refractivity contribution in [3.05, 3.63) is 35.9 Å². The topological polar surface area (TPSA) is 99.3 Å². The molecule has 0 atom stereocenters. The molecule has 0 aliphatic heterocycles. The number of benzene rings is 2. The van der Waals surface area contributed by atoms with Crippen molar-refractivity contribution in [1.82, 2.24) is 10.9 Å². The lowest BCUT2D eigenvalue weighted by Crippen LogP contribution is -2.43. The van der Waals surface area contributed by atoms with Crippen LogP contribution in [-0.4, -0.2) is 46.6 Å². The molecule has 2 rings (SSSR count). The maximum absolute atomic E-state index is 12.5. The van der Waals surface area contributed by atoms with E-state index in [0.717, 1.165) is 0 Å². The zero-order valence-corrected chi connectivity index (χ0v) is 17.6. The summed E-state index contributed by atoms with van der Waals surface area (Å²) in [7, 11) is 7.52. The normalized spacial score (nSPS) is 9.83. The predicted octanol–water partition coefficient (Wildman–Crippen LogP) is 2.36. The number of nitrogens with one attached hydrogen (secondary N) is 3. The Kier molecular flexibility index (Phi) is 7.72. The lowest BCUT2D eigenvalue weighted by molar-refractivity contribution is 0.0943. The van der Waals surface area contributed by atoms with Crippen LogP contribution in [0, 0.1) is 0 Å². The molecule has 0 radical (unpaired) electrons. The summed E-state index contributed by atoms with van der Waals surface area (Å²) in [5.41, 5.74) is 6.04. The molecule has 2 aromatic carbocycles. The van der Waals surface area contributed by atoms with Gasteiger partial charge in [0.25, 0.3) is 5.91 Å². The van der Waals surface area contributed by atoms with E-state index in [9.17, 15) is 4.79 Å². The van der Waals surface area contributed by atoms with E-state index < -0.39 is 5.91 Å². The smallest absolute Gasteiger partial charge is 0.269 e. The average molecular weight is 421 g/mol.